The zero-order valence-electron chi connectivity index (χ0n) is 8.29. The molecule has 0 amide bonds. The molecule has 0 bridgehead atoms. The first-order chi connectivity index (χ1) is 5.77. The first-order valence-electron chi connectivity index (χ1n) is 5.12. The number of nitrogens with zero attached hydrogens (tertiary/aromatic N) is 1. The van der Waals surface area contributed by atoms with Crippen LogP contribution < -0.4 is 0 Å². The standard InChI is InChI=1S/C10H21NS/c1-3-10-5-4-6-11(10)7-9(2)8-12/h9-10,12H,3-8H2,1-2H3. The van der Waals surface area contributed by atoms with E-state index in [0.29, 0.717) is 0 Å². The molecular weight excluding hydrogens is 166 g/mol. The average molecular weight is 187 g/mol. The minimum Gasteiger partial charge on any atom is -0.300 e. The van der Waals surface area contributed by atoms with Gasteiger partial charge in [-0.1, -0.05) is 13.8 Å². The highest BCUT2D eigenvalue weighted by Crippen LogP contribution is 2.20. The average Bonchev–Trinajstić information content (AvgIpc) is 2.51. The van der Waals surface area contributed by atoms with Crippen molar-refractivity contribution >= 4 is 12.6 Å². The fraction of sp³-hybridized carbons (Fsp3) is 1.00. The fourth-order valence-electron chi connectivity index (χ4n) is 2.06. The molecule has 72 valence electrons. The van der Waals surface area contributed by atoms with Crippen LogP contribution >= 0.6 is 12.6 Å². The third-order valence-electron chi connectivity index (χ3n) is 2.83. The Morgan fingerprint density at radius 3 is 2.92 bits per heavy atom. The molecule has 0 aromatic heterocycles. The van der Waals surface area contributed by atoms with Crippen LogP contribution in [-0.4, -0.2) is 29.8 Å². The summed E-state index contributed by atoms with van der Waals surface area (Å²) in [5.74, 6) is 1.77. The van der Waals surface area contributed by atoms with Crippen LogP contribution in [0.4, 0.5) is 0 Å². The molecule has 0 aromatic carbocycles. The van der Waals surface area contributed by atoms with E-state index in [1.54, 1.807) is 0 Å². The summed E-state index contributed by atoms with van der Waals surface area (Å²) < 4.78 is 0. The number of rotatable bonds is 4. The monoisotopic (exact) mass is 187 g/mol. The molecule has 12 heavy (non-hydrogen) atoms. The lowest BCUT2D eigenvalue weighted by Gasteiger charge is -2.25. The molecule has 0 spiro atoms. The number of hydrogen-bond acceptors (Lipinski definition) is 2. The van der Waals surface area contributed by atoms with E-state index in [1.807, 2.05) is 0 Å². The zero-order valence-corrected chi connectivity index (χ0v) is 9.19. The maximum absolute atomic E-state index is 4.32. The molecule has 2 unspecified atom stereocenters. The lowest BCUT2D eigenvalue weighted by molar-refractivity contribution is 0.223. The minimum atomic E-state index is 0.750. The van der Waals surface area contributed by atoms with Crippen molar-refractivity contribution in [2.24, 2.45) is 5.92 Å². The molecule has 0 radical (unpaired) electrons. The van der Waals surface area contributed by atoms with Crippen molar-refractivity contribution in [3.8, 4) is 0 Å². The smallest absolute Gasteiger partial charge is 0.00932 e. The van der Waals surface area contributed by atoms with Gasteiger partial charge in [0.05, 0.1) is 0 Å². The third kappa shape index (κ3) is 2.67. The van der Waals surface area contributed by atoms with Gasteiger partial charge in [0.2, 0.25) is 0 Å². The summed E-state index contributed by atoms with van der Waals surface area (Å²) in [6, 6.07) is 0.868. The minimum absolute atomic E-state index is 0.750. The van der Waals surface area contributed by atoms with Gasteiger partial charge in [-0.3, -0.25) is 0 Å². The van der Waals surface area contributed by atoms with E-state index in [4.69, 9.17) is 0 Å². The zero-order chi connectivity index (χ0) is 8.97. The van der Waals surface area contributed by atoms with Crippen molar-refractivity contribution in [1.82, 2.24) is 4.90 Å². The van der Waals surface area contributed by atoms with Gasteiger partial charge in [-0.15, -0.1) is 0 Å². The van der Waals surface area contributed by atoms with E-state index < -0.39 is 0 Å². The van der Waals surface area contributed by atoms with Crippen LogP contribution in [0.1, 0.15) is 33.1 Å². The molecule has 1 aliphatic rings. The van der Waals surface area contributed by atoms with E-state index in [0.717, 1.165) is 17.7 Å². The molecule has 0 aliphatic carbocycles. The van der Waals surface area contributed by atoms with E-state index in [2.05, 4.69) is 31.4 Å². The Kier molecular flexibility index (Phi) is 4.44. The van der Waals surface area contributed by atoms with Crippen LogP contribution in [0.25, 0.3) is 0 Å². The molecule has 1 rings (SSSR count). The Hall–Kier alpha value is 0.310. The maximum atomic E-state index is 4.32. The van der Waals surface area contributed by atoms with Crippen LogP contribution in [0, 0.1) is 5.92 Å². The van der Waals surface area contributed by atoms with Crippen molar-refractivity contribution in [3.05, 3.63) is 0 Å². The Morgan fingerprint density at radius 1 is 1.58 bits per heavy atom. The summed E-state index contributed by atoms with van der Waals surface area (Å²) in [5.41, 5.74) is 0. The largest absolute Gasteiger partial charge is 0.300 e. The second-order valence-corrected chi connectivity index (χ2v) is 4.35. The highest BCUT2D eigenvalue weighted by atomic mass is 32.1. The Balaban J connectivity index is 2.30. The predicted molar refractivity (Wildman–Crippen MR) is 57.9 cm³/mol. The van der Waals surface area contributed by atoms with Crippen LogP contribution in [0.15, 0.2) is 0 Å². The molecule has 2 heteroatoms. The SMILES string of the molecule is CCC1CCCN1CC(C)CS. The molecule has 1 nitrogen and oxygen atoms in total. The van der Waals surface area contributed by atoms with Crippen LogP contribution in [0.2, 0.25) is 0 Å². The van der Waals surface area contributed by atoms with E-state index >= 15 is 0 Å². The van der Waals surface area contributed by atoms with Crippen molar-refractivity contribution < 1.29 is 0 Å². The van der Waals surface area contributed by atoms with E-state index in [9.17, 15) is 0 Å². The van der Waals surface area contributed by atoms with Gasteiger partial charge in [0, 0.05) is 12.6 Å². The Labute approximate surface area is 81.9 Å². The van der Waals surface area contributed by atoms with Crippen molar-refractivity contribution in [3.63, 3.8) is 0 Å². The summed E-state index contributed by atoms with van der Waals surface area (Å²) in [6.07, 6.45) is 4.13. The molecule has 1 aliphatic heterocycles. The van der Waals surface area contributed by atoms with Gasteiger partial charge >= 0.3 is 0 Å². The lowest BCUT2D eigenvalue weighted by atomic mass is 10.1. The highest BCUT2D eigenvalue weighted by Gasteiger charge is 2.23. The van der Waals surface area contributed by atoms with Gasteiger partial charge in [-0.2, -0.15) is 12.6 Å². The number of thiol groups is 1. The van der Waals surface area contributed by atoms with Gasteiger partial charge in [-0.25, -0.2) is 0 Å². The Bertz CT molecular complexity index is 127. The quantitative estimate of drug-likeness (QED) is 0.662. The second-order valence-electron chi connectivity index (χ2n) is 3.99. The summed E-state index contributed by atoms with van der Waals surface area (Å²) in [6.45, 7) is 7.16. The molecule has 0 aromatic rings. The highest BCUT2D eigenvalue weighted by molar-refractivity contribution is 7.80. The second kappa shape index (κ2) is 5.13. The normalized spacial score (nSPS) is 27.8. The van der Waals surface area contributed by atoms with Crippen molar-refractivity contribution in [2.75, 3.05) is 18.8 Å². The molecular formula is C10H21NS. The summed E-state index contributed by atoms with van der Waals surface area (Å²) in [4.78, 5) is 2.64. The topological polar surface area (TPSA) is 3.24 Å². The summed E-state index contributed by atoms with van der Waals surface area (Å²) in [5, 5.41) is 0. The molecule has 0 N–H and O–H groups in total. The van der Waals surface area contributed by atoms with Crippen LogP contribution in [0.3, 0.4) is 0 Å². The van der Waals surface area contributed by atoms with E-state index in [-0.39, 0.29) is 0 Å². The Morgan fingerprint density at radius 2 is 2.33 bits per heavy atom. The first-order valence-corrected chi connectivity index (χ1v) is 5.76. The molecule has 1 fully saturated rings. The number of likely N-dealkylation sites (tertiary alicyclic amines) is 1. The lowest BCUT2D eigenvalue weighted by Crippen LogP contribution is -2.33. The van der Waals surface area contributed by atoms with Gasteiger partial charge < -0.3 is 4.90 Å². The van der Waals surface area contributed by atoms with Gasteiger partial charge in [-0.05, 0) is 37.5 Å². The molecule has 1 heterocycles. The predicted octanol–water partition coefficient (Wildman–Crippen LogP) is 2.43. The third-order valence-corrected chi connectivity index (χ3v) is 3.45. The maximum Gasteiger partial charge on any atom is 0.00932 e. The van der Waals surface area contributed by atoms with Crippen molar-refractivity contribution in [2.45, 2.75) is 39.2 Å². The van der Waals surface area contributed by atoms with Crippen LogP contribution in [-0.2, 0) is 0 Å². The van der Waals surface area contributed by atoms with E-state index in [1.165, 1.54) is 32.4 Å². The van der Waals surface area contributed by atoms with Gasteiger partial charge in [0.15, 0.2) is 0 Å². The van der Waals surface area contributed by atoms with Crippen LogP contribution in [0.5, 0.6) is 0 Å². The molecule has 1 saturated heterocycles. The summed E-state index contributed by atoms with van der Waals surface area (Å²) >= 11 is 4.32. The van der Waals surface area contributed by atoms with Gasteiger partial charge in [0.25, 0.3) is 0 Å². The molecule has 0 saturated carbocycles. The first kappa shape index (κ1) is 10.4. The number of hydrogen-bond donors (Lipinski definition) is 1. The van der Waals surface area contributed by atoms with Crippen molar-refractivity contribution in [1.29, 1.82) is 0 Å². The molecule has 2 atom stereocenters. The van der Waals surface area contributed by atoms with Gasteiger partial charge in [0.1, 0.15) is 0 Å². The summed E-state index contributed by atoms with van der Waals surface area (Å²) in [7, 11) is 0. The fourth-order valence-corrected chi connectivity index (χ4v) is 2.17.